The molecule has 0 aliphatic carbocycles. The second kappa shape index (κ2) is 11.5. The van der Waals surface area contributed by atoms with Crippen LogP contribution in [0.25, 0.3) is 0 Å². The molecule has 0 radical (unpaired) electrons. The largest absolute Gasteiger partial charge is 0.357 e. The molecule has 1 fully saturated rings. The second-order valence-corrected chi connectivity index (χ2v) is 7.97. The lowest BCUT2D eigenvalue weighted by Crippen LogP contribution is -2.47. The predicted octanol–water partition coefficient (Wildman–Crippen LogP) is 0.929. The van der Waals surface area contributed by atoms with E-state index in [1.807, 2.05) is 20.0 Å². The number of piperazine rings is 1. The lowest BCUT2D eigenvalue weighted by Gasteiger charge is -2.32. The van der Waals surface area contributed by atoms with E-state index in [2.05, 4.69) is 26.4 Å². The maximum atomic E-state index is 13.1. The highest BCUT2D eigenvalue weighted by Crippen LogP contribution is 2.22. The number of guanidine groups is 1. The molecule has 1 saturated heterocycles. The molecule has 0 bridgehead atoms. The summed E-state index contributed by atoms with van der Waals surface area (Å²) in [7, 11) is -1.53. The van der Waals surface area contributed by atoms with Crippen molar-refractivity contribution in [3.8, 4) is 12.3 Å². The Morgan fingerprint density at radius 1 is 1.22 bits per heavy atom. The molecule has 7 nitrogen and oxygen atoms in total. The molecule has 1 aromatic rings. The van der Waals surface area contributed by atoms with Gasteiger partial charge in [0.1, 0.15) is 0 Å². The van der Waals surface area contributed by atoms with E-state index >= 15 is 0 Å². The molecule has 1 heterocycles. The summed E-state index contributed by atoms with van der Waals surface area (Å²) >= 11 is 0. The van der Waals surface area contributed by atoms with Gasteiger partial charge in [-0.05, 0) is 25.6 Å². The lowest BCUT2D eigenvalue weighted by atomic mass is 10.2. The molecule has 0 saturated carbocycles. The maximum Gasteiger partial charge on any atom is 0.243 e. The van der Waals surface area contributed by atoms with Crippen LogP contribution in [0.2, 0.25) is 0 Å². The van der Waals surface area contributed by atoms with Crippen molar-refractivity contribution >= 4 is 40.0 Å². The van der Waals surface area contributed by atoms with Crippen molar-refractivity contribution < 1.29 is 8.42 Å². The number of rotatable bonds is 6. The van der Waals surface area contributed by atoms with E-state index in [1.54, 1.807) is 22.5 Å². The van der Waals surface area contributed by atoms with Gasteiger partial charge in [0.05, 0.1) is 18.0 Å². The summed E-state index contributed by atoms with van der Waals surface area (Å²) in [4.78, 5) is 6.91. The van der Waals surface area contributed by atoms with Gasteiger partial charge in [-0.15, -0.1) is 30.4 Å². The topological polar surface area (TPSA) is 77.0 Å². The van der Waals surface area contributed by atoms with E-state index < -0.39 is 10.0 Å². The van der Waals surface area contributed by atoms with Gasteiger partial charge >= 0.3 is 0 Å². The van der Waals surface area contributed by atoms with Gasteiger partial charge in [0, 0.05) is 32.7 Å². The minimum Gasteiger partial charge on any atom is -0.357 e. The number of halogens is 1. The van der Waals surface area contributed by atoms with Gasteiger partial charge in [0.2, 0.25) is 10.0 Å². The molecule has 9 heteroatoms. The molecule has 0 aromatic heterocycles. The first-order chi connectivity index (χ1) is 12.5. The minimum absolute atomic E-state index is 0. The number of terminal acetylenes is 1. The van der Waals surface area contributed by atoms with Crippen LogP contribution in [0.4, 0.5) is 0 Å². The summed E-state index contributed by atoms with van der Waals surface area (Å²) in [5.41, 5.74) is 0.671. The van der Waals surface area contributed by atoms with Crippen LogP contribution in [-0.4, -0.2) is 69.9 Å². The Bertz CT molecular complexity index is 768. The zero-order chi connectivity index (χ0) is 19.0. The number of nitrogens with one attached hydrogen (secondary N) is 2. The van der Waals surface area contributed by atoms with Crippen molar-refractivity contribution in [3.63, 3.8) is 0 Å². The molecular formula is C18H28IN5O2S. The van der Waals surface area contributed by atoms with Crippen LogP contribution >= 0.6 is 24.0 Å². The van der Waals surface area contributed by atoms with Crippen LogP contribution in [0.5, 0.6) is 0 Å². The summed E-state index contributed by atoms with van der Waals surface area (Å²) in [6.07, 6.45) is 5.27. The van der Waals surface area contributed by atoms with E-state index in [1.165, 1.54) is 0 Å². The van der Waals surface area contributed by atoms with Gasteiger partial charge < -0.3 is 15.5 Å². The van der Waals surface area contributed by atoms with E-state index in [0.29, 0.717) is 42.6 Å². The summed E-state index contributed by atoms with van der Waals surface area (Å²) in [5, 5.41) is 6.10. The molecule has 150 valence electrons. The molecule has 0 spiro atoms. The zero-order valence-electron chi connectivity index (χ0n) is 15.8. The molecule has 0 atom stereocenters. The number of benzene rings is 1. The number of nitrogens with zero attached hydrogens (tertiary/aromatic N) is 3. The monoisotopic (exact) mass is 505 g/mol. The first-order valence-electron chi connectivity index (χ1n) is 8.71. The molecular weight excluding hydrogens is 477 g/mol. The smallest absolute Gasteiger partial charge is 0.243 e. The van der Waals surface area contributed by atoms with E-state index in [-0.39, 0.29) is 30.5 Å². The number of hydrogen-bond donors (Lipinski definition) is 2. The molecule has 2 rings (SSSR count). The van der Waals surface area contributed by atoms with Gasteiger partial charge in [-0.25, -0.2) is 13.4 Å². The quantitative estimate of drug-likeness (QED) is 0.261. The minimum atomic E-state index is -3.53. The SMILES string of the molecule is C#CCNC(=NCc1ccccc1S(=O)(=O)N1CCN(C)CC1)NCC.I. The van der Waals surface area contributed by atoms with Crippen molar-refractivity contribution in [2.75, 3.05) is 46.3 Å². The fourth-order valence-electron chi connectivity index (χ4n) is 2.69. The van der Waals surface area contributed by atoms with Gasteiger partial charge in [-0.3, -0.25) is 0 Å². The number of aliphatic imine (C=N–C) groups is 1. The second-order valence-electron chi connectivity index (χ2n) is 6.07. The Kier molecular flexibility index (Phi) is 10.1. The zero-order valence-corrected chi connectivity index (χ0v) is 19.0. The van der Waals surface area contributed by atoms with Gasteiger partial charge in [0.15, 0.2) is 5.96 Å². The van der Waals surface area contributed by atoms with Crippen molar-refractivity contribution in [1.82, 2.24) is 19.8 Å². The molecule has 1 aliphatic heterocycles. The number of hydrogen-bond acceptors (Lipinski definition) is 4. The van der Waals surface area contributed by atoms with Crippen LogP contribution in [0.15, 0.2) is 34.2 Å². The van der Waals surface area contributed by atoms with Crippen molar-refractivity contribution in [2.24, 2.45) is 4.99 Å². The van der Waals surface area contributed by atoms with E-state index in [9.17, 15) is 8.42 Å². The van der Waals surface area contributed by atoms with Gasteiger partial charge in [0.25, 0.3) is 0 Å². The third-order valence-electron chi connectivity index (χ3n) is 4.16. The summed E-state index contributed by atoms with van der Waals surface area (Å²) in [6, 6.07) is 7.03. The van der Waals surface area contributed by atoms with Crippen LogP contribution in [0.3, 0.4) is 0 Å². The highest BCUT2D eigenvalue weighted by molar-refractivity contribution is 14.0. The maximum absolute atomic E-state index is 13.1. The normalized spacial score (nSPS) is 16.3. The first-order valence-corrected chi connectivity index (χ1v) is 10.1. The van der Waals surface area contributed by atoms with Crippen molar-refractivity contribution in [1.29, 1.82) is 0 Å². The van der Waals surface area contributed by atoms with Gasteiger partial charge in [-0.1, -0.05) is 24.1 Å². The molecule has 27 heavy (non-hydrogen) atoms. The highest BCUT2D eigenvalue weighted by atomic mass is 127. The van der Waals surface area contributed by atoms with E-state index in [4.69, 9.17) is 6.42 Å². The first kappa shape index (κ1) is 23.7. The molecule has 1 aliphatic rings. The van der Waals surface area contributed by atoms with Crippen LogP contribution < -0.4 is 10.6 Å². The molecule has 1 aromatic carbocycles. The Balaban J connectivity index is 0.00000364. The molecule has 0 unspecified atom stereocenters. The Labute approximate surface area is 179 Å². The standard InChI is InChI=1S/C18H27N5O2S.HI/c1-4-10-20-18(19-5-2)21-15-16-8-6-7-9-17(16)26(24,25)23-13-11-22(3)12-14-23;/h1,6-9H,5,10-15H2,2-3H3,(H2,19,20,21);1H. The van der Waals surface area contributed by atoms with Crippen LogP contribution in [0.1, 0.15) is 12.5 Å². The Hall–Kier alpha value is -1.35. The summed E-state index contributed by atoms with van der Waals surface area (Å²) in [6.45, 7) is 5.73. The third kappa shape index (κ3) is 6.64. The Morgan fingerprint density at radius 2 is 1.89 bits per heavy atom. The van der Waals surface area contributed by atoms with Gasteiger partial charge in [-0.2, -0.15) is 4.31 Å². The molecule has 0 amide bonds. The molecule has 2 N–H and O–H groups in total. The summed E-state index contributed by atoms with van der Waals surface area (Å²) < 4.78 is 27.7. The van der Waals surface area contributed by atoms with Crippen LogP contribution in [0, 0.1) is 12.3 Å². The van der Waals surface area contributed by atoms with Crippen molar-refractivity contribution in [2.45, 2.75) is 18.4 Å². The van der Waals surface area contributed by atoms with Crippen LogP contribution in [-0.2, 0) is 16.6 Å². The summed E-state index contributed by atoms with van der Waals surface area (Å²) in [5.74, 6) is 3.07. The van der Waals surface area contributed by atoms with Crippen molar-refractivity contribution in [3.05, 3.63) is 29.8 Å². The fourth-order valence-corrected chi connectivity index (χ4v) is 4.33. The number of sulfonamides is 1. The van der Waals surface area contributed by atoms with E-state index in [0.717, 1.165) is 13.1 Å². The lowest BCUT2D eigenvalue weighted by molar-refractivity contribution is 0.222. The number of likely N-dealkylation sites (N-methyl/N-ethyl adjacent to an activating group) is 1. The fraction of sp³-hybridized carbons (Fsp3) is 0.500. The predicted molar refractivity (Wildman–Crippen MR) is 120 cm³/mol. The third-order valence-corrected chi connectivity index (χ3v) is 6.16. The highest BCUT2D eigenvalue weighted by Gasteiger charge is 2.29. The average molecular weight is 505 g/mol. The average Bonchev–Trinajstić information content (AvgIpc) is 2.64. The Morgan fingerprint density at radius 3 is 2.52 bits per heavy atom.